The molecule has 0 unspecified atom stereocenters. The molecule has 0 radical (unpaired) electrons. The number of aromatic nitrogens is 2. The molecule has 5 nitrogen and oxygen atoms in total. The van der Waals surface area contributed by atoms with Crippen molar-refractivity contribution in [3.63, 3.8) is 0 Å². The van der Waals surface area contributed by atoms with Crippen LogP contribution in [0, 0.1) is 0 Å². The highest BCUT2D eigenvalue weighted by molar-refractivity contribution is 5.81. The zero-order valence-corrected chi connectivity index (χ0v) is 11.9. The molecule has 0 fully saturated rings. The number of benzene rings is 2. The van der Waals surface area contributed by atoms with Crippen molar-refractivity contribution in [2.45, 2.75) is 0 Å². The smallest absolute Gasteiger partial charge is 0.176 e. The van der Waals surface area contributed by atoms with E-state index in [9.17, 15) is 0 Å². The third-order valence-electron chi connectivity index (χ3n) is 3.36. The lowest BCUT2D eigenvalue weighted by molar-refractivity contribution is 0.415. The fraction of sp³-hybridized carbons (Fsp3) is 0.125. The fourth-order valence-electron chi connectivity index (χ4n) is 2.18. The minimum Gasteiger partial charge on any atom is -0.497 e. The molecule has 0 aliphatic rings. The normalized spacial score (nSPS) is 10.6. The molecule has 21 heavy (non-hydrogen) atoms. The number of nitrogens with zero attached hydrogens (tertiary/aromatic N) is 3. The minimum absolute atomic E-state index is 0.409. The zero-order chi connectivity index (χ0) is 14.8. The van der Waals surface area contributed by atoms with Crippen LogP contribution in [0.2, 0.25) is 0 Å². The molecule has 3 rings (SSSR count). The molecule has 2 N–H and O–H groups in total. The lowest BCUT2D eigenvalue weighted by Crippen LogP contribution is -2.14. The molecule has 0 aliphatic carbocycles. The number of ether oxygens (including phenoxy) is 1. The van der Waals surface area contributed by atoms with E-state index in [1.165, 1.54) is 0 Å². The van der Waals surface area contributed by atoms with Crippen LogP contribution in [0.25, 0.3) is 11.0 Å². The topological polar surface area (TPSA) is 64.3 Å². The number of anilines is 3. The van der Waals surface area contributed by atoms with Gasteiger partial charge in [-0.15, -0.1) is 0 Å². The van der Waals surface area contributed by atoms with Crippen LogP contribution >= 0.6 is 0 Å². The molecule has 0 amide bonds. The van der Waals surface area contributed by atoms with Crippen LogP contribution in [0.1, 0.15) is 0 Å². The van der Waals surface area contributed by atoms with E-state index in [1.54, 1.807) is 7.11 Å². The van der Waals surface area contributed by atoms with Crippen LogP contribution < -0.4 is 15.4 Å². The van der Waals surface area contributed by atoms with E-state index in [0.717, 1.165) is 22.5 Å². The van der Waals surface area contributed by atoms with Crippen molar-refractivity contribution in [2.75, 3.05) is 24.8 Å². The summed E-state index contributed by atoms with van der Waals surface area (Å²) in [6.45, 7) is 0. The summed E-state index contributed by atoms with van der Waals surface area (Å²) >= 11 is 0. The van der Waals surface area contributed by atoms with Gasteiger partial charge in [0, 0.05) is 12.7 Å². The quantitative estimate of drug-likeness (QED) is 0.799. The zero-order valence-electron chi connectivity index (χ0n) is 11.9. The van der Waals surface area contributed by atoms with Gasteiger partial charge in [0.05, 0.1) is 18.1 Å². The first-order chi connectivity index (χ1) is 10.2. The summed E-state index contributed by atoms with van der Waals surface area (Å²) in [5, 5.41) is 0. The number of methoxy groups -OCH3 is 1. The molecule has 0 aliphatic heterocycles. The molecule has 0 atom stereocenters. The lowest BCUT2D eigenvalue weighted by atomic mass is 10.2. The first-order valence-corrected chi connectivity index (χ1v) is 6.59. The average molecular weight is 280 g/mol. The Morgan fingerprint density at radius 2 is 1.57 bits per heavy atom. The molecule has 106 valence electrons. The number of para-hydroxylation sites is 2. The second-order valence-electron chi connectivity index (χ2n) is 4.68. The van der Waals surface area contributed by atoms with E-state index < -0.39 is 0 Å². The van der Waals surface area contributed by atoms with Gasteiger partial charge in [0.15, 0.2) is 11.6 Å². The fourth-order valence-corrected chi connectivity index (χ4v) is 2.18. The molecule has 0 saturated carbocycles. The standard InChI is InChI=1S/C16H16N4O/c1-20(11-7-9-12(21-2)10-8-11)16-15(17)18-13-5-3-4-6-14(13)19-16/h3-10H,1-2H3,(H2,17,18). The Kier molecular flexibility index (Phi) is 3.31. The first-order valence-electron chi connectivity index (χ1n) is 6.59. The summed E-state index contributed by atoms with van der Waals surface area (Å²) in [4.78, 5) is 10.9. The maximum Gasteiger partial charge on any atom is 0.176 e. The van der Waals surface area contributed by atoms with Gasteiger partial charge in [-0.1, -0.05) is 12.1 Å². The van der Waals surface area contributed by atoms with Crippen LogP contribution in [-0.4, -0.2) is 24.1 Å². The van der Waals surface area contributed by atoms with Crippen molar-refractivity contribution in [3.8, 4) is 5.75 Å². The average Bonchev–Trinajstić information content (AvgIpc) is 2.53. The highest BCUT2D eigenvalue weighted by Crippen LogP contribution is 2.28. The van der Waals surface area contributed by atoms with Crippen LogP contribution in [0.4, 0.5) is 17.3 Å². The summed E-state index contributed by atoms with van der Waals surface area (Å²) < 4.78 is 5.16. The Morgan fingerprint density at radius 1 is 0.952 bits per heavy atom. The molecule has 2 aromatic carbocycles. The van der Waals surface area contributed by atoms with E-state index in [-0.39, 0.29) is 0 Å². The van der Waals surface area contributed by atoms with Gasteiger partial charge < -0.3 is 15.4 Å². The Balaban J connectivity index is 2.03. The molecular formula is C16H16N4O. The largest absolute Gasteiger partial charge is 0.497 e. The predicted molar refractivity (Wildman–Crippen MR) is 85.0 cm³/mol. The Labute approximate surface area is 123 Å². The highest BCUT2D eigenvalue weighted by Gasteiger charge is 2.12. The maximum absolute atomic E-state index is 6.04. The van der Waals surface area contributed by atoms with Crippen molar-refractivity contribution in [2.24, 2.45) is 0 Å². The van der Waals surface area contributed by atoms with Gasteiger partial charge in [0.2, 0.25) is 0 Å². The lowest BCUT2D eigenvalue weighted by Gasteiger charge is -2.20. The van der Waals surface area contributed by atoms with E-state index in [4.69, 9.17) is 10.5 Å². The molecule has 3 aromatic rings. The third-order valence-corrected chi connectivity index (χ3v) is 3.36. The highest BCUT2D eigenvalue weighted by atomic mass is 16.5. The summed E-state index contributed by atoms with van der Waals surface area (Å²) in [6, 6.07) is 15.4. The van der Waals surface area contributed by atoms with Crippen molar-refractivity contribution in [3.05, 3.63) is 48.5 Å². The molecule has 1 heterocycles. The molecule has 5 heteroatoms. The monoisotopic (exact) mass is 280 g/mol. The second kappa shape index (κ2) is 5.28. The number of hydrogen-bond acceptors (Lipinski definition) is 5. The SMILES string of the molecule is COc1ccc(N(C)c2nc3ccccc3nc2N)cc1. The minimum atomic E-state index is 0.409. The van der Waals surface area contributed by atoms with E-state index >= 15 is 0 Å². The van der Waals surface area contributed by atoms with Crippen molar-refractivity contribution in [1.82, 2.24) is 9.97 Å². The van der Waals surface area contributed by atoms with E-state index in [1.807, 2.05) is 60.5 Å². The van der Waals surface area contributed by atoms with Gasteiger partial charge in [0.1, 0.15) is 5.75 Å². The van der Waals surface area contributed by atoms with Crippen molar-refractivity contribution < 1.29 is 4.74 Å². The van der Waals surface area contributed by atoms with E-state index in [2.05, 4.69) is 9.97 Å². The molecule has 0 saturated heterocycles. The number of fused-ring (bicyclic) bond motifs is 1. The number of hydrogen-bond donors (Lipinski definition) is 1. The van der Waals surface area contributed by atoms with Gasteiger partial charge in [-0.2, -0.15) is 0 Å². The number of nitrogen functional groups attached to an aromatic ring is 1. The Hall–Kier alpha value is -2.82. The van der Waals surface area contributed by atoms with Crippen LogP contribution in [0.15, 0.2) is 48.5 Å². The van der Waals surface area contributed by atoms with Gasteiger partial charge in [0.25, 0.3) is 0 Å². The maximum atomic E-state index is 6.04. The van der Waals surface area contributed by atoms with Gasteiger partial charge in [-0.05, 0) is 36.4 Å². The first kappa shape index (κ1) is 13.2. The van der Waals surface area contributed by atoms with Crippen molar-refractivity contribution in [1.29, 1.82) is 0 Å². The summed E-state index contributed by atoms with van der Waals surface area (Å²) in [7, 11) is 3.56. The summed E-state index contributed by atoms with van der Waals surface area (Å²) in [6.07, 6.45) is 0. The van der Waals surface area contributed by atoms with Gasteiger partial charge in [-0.25, -0.2) is 9.97 Å². The summed E-state index contributed by atoms with van der Waals surface area (Å²) in [5.74, 6) is 1.86. The molecule has 1 aromatic heterocycles. The summed E-state index contributed by atoms with van der Waals surface area (Å²) in [5.41, 5.74) is 8.62. The van der Waals surface area contributed by atoms with Crippen LogP contribution in [-0.2, 0) is 0 Å². The molecule has 0 spiro atoms. The number of rotatable bonds is 3. The third kappa shape index (κ3) is 2.45. The van der Waals surface area contributed by atoms with Gasteiger partial charge >= 0.3 is 0 Å². The second-order valence-corrected chi connectivity index (χ2v) is 4.68. The van der Waals surface area contributed by atoms with Gasteiger partial charge in [-0.3, -0.25) is 0 Å². The Bertz CT molecular complexity index is 771. The molecular weight excluding hydrogens is 264 g/mol. The van der Waals surface area contributed by atoms with Crippen LogP contribution in [0.3, 0.4) is 0 Å². The van der Waals surface area contributed by atoms with Crippen molar-refractivity contribution >= 4 is 28.4 Å². The van der Waals surface area contributed by atoms with E-state index in [0.29, 0.717) is 11.6 Å². The molecule has 0 bridgehead atoms. The predicted octanol–water partition coefficient (Wildman–Crippen LogP) is 2.99. The van der Waals surface area contributed by atoms with Crippen LogP contribution in [0.5, 0.6) is 5.75 Å². The Morgan fingerprint density at radius 3 is 2.19 bits per heavy atom. The number of nitrogens with two attached hydrogens (primary N) is 1.